The van der Waals surface area contributed by atoms with E-state index in [9.17, 15) is 9.59 Å². The first-order valence-electron chi connectivity index (χ1n) is 10.6. The largest absolute Gasteiger partial charge is 0.449 e. The van der Waals surface area contributed by atoms with E-state index < -0.39 is 12.1 Å². The summed E-state index contributed by atoms with van der Waals surface area (Å²) < 4.78 is 7.67. The van der Waals surface area contributed by atoms with Crippen LogP contribution in [-0.2, 0) is 16.1 Å². The van der Waals surface area contributed by atoms with Crippen LogP contribution < -0.4 is 4.90 Å². The van der Waals surface area contributed by atoms with Gasteiger partial charge in [-0.05, 0) is 44.4 Å². The number of anilines is 1. The molecule has 0 aliphatic carbocycles. The molecular weight excluding hydrogens is 426 g/mol. The van der Waals surface area contributed by atoms with E-state index in [1.54, 1.807) is 41.6 Å². The zero-order chi connectivity index (χ0) is 22.7. The van der Waals surface area contributed by atoms with Gasteiger partial charge < -0.3 is 19.1 Å². The van der Waals surface area contributed by atoms with Crippen LogP contribution >= 0.6 is 11.3 Å². The Hall–Kier alpha value is -3.20. The van der Waals surface area contributed by atoms with Crippen LogP contribution in [0.2, 0.25) is 0 Å². The summed E-state index contributed by atoms with van der Waals surface area (Å²) in [5, 5.41) is 2.04. The van der Waals surface area contributed by atoms with Crippen LogP contribution in [0.5, 0.6) is 0 Å². The van der Waals surface area contributed by atoms with Crippen molar-refractivity contribution in [2.45, 2.75) is 33.4 Å². The number of carbonyl (C=O) groups excluding carboxylic acids is 2. The molecule has 0 spiro atoms. The van der Waals surface area contributed by atoms with Gasteiger partial charge in [0.25, 0.3) is 5.91 Å². The minimum atomic E-state index is -0.845. The van der Waals surface area contributed by atoms with Crippen LogP contribution in [0.15, 0.2) is 42.0 Å². The Morgan fingerprint density at radius 3 is 2.50 bits per heavy atom. The Morgan fingerprint density at radius 2 is 1.84 bits per heavy atom. The van der Waals surface area contributed by atoms with E-state index in [1.165, 1.54) is 4.88 Å². The maximum Gasteiger partial charge on any atom is 0.340 e. The number of nitrogens with zero attached hydrogens (tertiary/aromatic N) is 5. The fraction of sp³-hybridized carbons (Fsp3) is 0.391. The molecule has 0 radical (unpaired) electrons. The number of hydrogen-bond donors (Lipinski definition) is 0. The number of piperazine rings is 1. The van der Waals surface area contributed by atoms with E-state index in [4.69, 9.17) is 4.74 Å². The third-order valence-electron chi connectivity index (χ3n) is 5.75. The molecule has 1 unspecified atom stereocenters. The molecule has 4 heterocycles. The summed E-state index contributed by atoms with van der Waals surface area (Å²) in [6.45, 7) is 8.59. The monoisotopic (exact) mass is 453 g/mol. The number of aryl methyl sites for hydroxylation is 1. The zero-order valence-electron chi connectivity index (χ0n) is 18.5. The number of thiophene rings is 1. The van der Waals surface area contributed by atoms with Gasteiger partial charge in [0.2, 0.25) is 5.95 Å². The molecule has 1 amide bonds. The van der Waals surface area contributed by atoms with Crippen molar-refractivity contribution in [3.8, 4) is 0 Å². The lowest BCUT2D eigenvalue weighted by molar-refractivity contribution is -0.140. The fourth-order valence-corrected chi connectivity index (χ4v) is 4.62. The molecule has 4 rings (SSSR count). The number of rotatable bonds is 6. The SMILES string of the molecule is Cc1cc(C(=O)OC(C)C(=O)N2CCN(c3ncccn3)CC2)c(C)n1Cc1cccs1. The summed E-state index contributed by atoms with van der Waals surface area (Å²) in [6, 6.07) is 7.70. The Morgan fingerprint density at radius 1 is 1.12 bits per heavy atom. The average molecular weight is 454 g/mol. The molecule has 0 saturated carbocycles. The number of aromatic nitrogens is 3. The molecule has 32 heavy (non-hydrogen) atoms. The van der Waals surface area contributed by atoms with Crippen LogP contribution in [0.25, 0.3) is 0 Å². The van der Waals surface area contributed by atoms with Crippen molar-refractivity contribution >= 4 is 29.2 Å². The fourth-order valence-electron chi connectivity index (χ4n) is 3.92. The van der Waals surface area contributed by atoms with Gasteiger partial charge in [0.05, 0.1) is 12.1 Å². The van der Waals surface area contributed by atoms with Crippen molar-refractivity contribution < 1.29 is 14.3 Å². The maximum absolute atomic E-state index is 12.9. The highest BCUT2D eigenvalue weighted by Gasteiger charge is 2.29. The van der Waals surface area contributed by atoms with Gasteiger partial charge in [0, 0.05) is 54.8 Å². The molecular formula is C23H27N5O3S. The smallest absolute Gasteiger partial charge is 0.340 e. The number of amides is 1. The summed E-state index contributed by atoms with van der Waals surface area (Å²) in [4.78, 5) is 39.2. The summed E-state index contributed by atoms with van der Waals surface area (Å²) in [5.41, 5.74) is 2.34. The minimum Gasteiger partial charge on any atom is -0.449 e. The quantitative estimate of drug-likeness (QED) is 0.534. The van der Waals surface area contributed by atoms with Crippen LogP contribution in [0.3, 0.4) is 0 Å². The van der Waals surface area contributed by atoms with Crippen molar-refractivity contribution in [3.63, 3.8) is 0 Å². The third-order valence-corrected chi connectivity index (χ3v) is 6.61. The average Bonchev–Trinajstić information content (AvgIpc) is 3.43. The van der Waals surface area contributed by atoms with Gasteiger partial charge in [0.1, 0.15) is 0 Å². The molecule has 1 saturated heterocycles. The lowest BCUT2D eigenvalue weighted by Crippen LogP contribution is -2.52. The van der Waals surface area contributed by atoms with E-state index in [2.05, 4.69) is 20.6 Å². The molecule has 1 aliphatic rings. The second kappa shape index (κ2) is 9.52. The summed E-state index contributed by atoms with van der Waals surface area (Å²) in [7, 11) is 0. The zero-order valence-corrected chi connectivity index (χ0v) is 19.3. The van der Waals surface area contributed by atoms with Crippen molar-refractivity contribution in [1.82, 2.24) is 19.4 Å². The molecule has 3 aromatic rings. The predicted octanol–water partition coefficient (Wildman–Crippen LogP) is 2.90. The first-order chi connectivity index (χ1) is 15.4. The number of esters is 1. The van der Waals surface area contributed by atoms with Gasteiger partial charge in [0.15, 0.2) is 6.10 Å². The normalized spacial score (nSPS) is 15.0. The molecule has 9 heteroatoms. The van der Waals surface area contributed by atoms with Crippen molar-refractivity contribution in [2.24, 2.45) is 0 Å². The van der Waals surface area contributed by atoms with Crippen molar-refractivity contribution in [2.75, 3.05) is 31.1 Å². The van der Waals surface area contributed by atoms with Gasteiger partial charge in [-0.1, -0.05) is 6.07 Å². The molecule has 8 nitrogen and oxygen atoms in total. The second-order valence-electron chi connectivity index (χ2n) is 7.86. The molecule has 0 aromatic carbocycles. The standard InChI is InChI=1S/C23H27N5O3S/c1-16-14-20(17(2)28(16)15-19-6-4-13-32-19)22(30)31-18(3)21(29)26-9-11-27(12-10-26)23-24-7-5-8-25-23/h4-8,13-14,18H,9-12,15H2,1-3H3. The molecule has 1 aliphatic heterocycles. The lowest BCUT2D eigenvalue weighted by Gasteiger charge is -2.35. The van der Waals surface area contributed by atoms with Gasteiger partial charge in [-0.2, -0.15) is 0 Å². The van der Waals surface area contributed by atoms with E-state index in [1.807, 2.05) is 36.3 Å². The van der Waals surface area contributed by atoms with E-state index in [-0.39, 0.29) is 5.91 Å². The van der Waals surface area contributed by atoms with E-state index in [0.29, 0.717) is 44.2 Å². The Labute approximate surface area is 191 Å². The number of carbonyl (C=O) groups is 2. The number of ether oxygens (including phenoxy) is 1. The lowest BCUT2D eigenvalue weighted by atomic mass is 10.2. The predicted molar refractivity (Wildman–Crippen MR) is 123 cm³/mol. The highest BCUT2D eigenvalue weighted by molar-refractivity contribution is 7.09. The van der Waals surface area contributed by atoms with Gasteiger partial charge in [-0.25, -0.2) is 14.8 Å². The van der Waals surface area contributed by atoms with Crippen LogP contribution in [0.1, 0.15) is 33.5 Å². The molecule has 0 bridgehead atoms. The van der Waals surface area contributed by atoms with Crippen molar-refractivity contribution in [1.29, 1.82) is 0 Å². The molecule has 1 atom stereocenters. The second-order valence-corrected chi connectivity index (χ2v) is 8.89. The highest BCUT2D eigenvalue weighted by Crippen LogP contribution is 2.21. The minimum absolute atomic E-state index is 0.181. The first-order valence-corrected chi connectivity index (χ1v) is 11.5. The van der Waals surface area contributed by atoms with Gasteiger partial charge in [-0.3, -0.25) is 4.79 Å². The van der Waals surface area contributed by atoms with Gasteiger partial charge in [-0.15, -0.1) is 11.3 Å². The summed E-state index contributed by atoms with van der Waals surface area (Å²) >= 11 is 1.68. The highest BCUT2D eigenvalue weighted by atomic mass is 32.1. The van der Waals surface area contributed by atoms with Gasteiger partial charge >= 0.3 is 5.97 Å². The molecule has 0 N–H and O–H groups in total. The third kappa shape index (κ3) is 4.67. The van der Waals surface area contributed by atoms with Crippen LogP contribution in [0.4, 0.5) is 5.95 Å². The molecule has 3 aromatic heterocycles. The molecule has 168 valence electrons. The Kier molecular flexibility index (Phi) is 6.55. The Bertz CT molecular complexity index is 1070. The topological polar surface area (TPSA) is 80.6 Å². The Balaban J connectivity index is 1.35. The van der Waals surface area contributed by atoms with E-state index in [0.717, 1.165) is 11.4 Å². The summed E-state index contributed by atoms with van der Waals surface area (Å²) in [5.74, 6) is 0.0176. The molecule has 1 fully saturated rings. The van der Waals surface area contributed by atoms with Crippen LogP contribution in [0, 0.1) is 13.8 Å². The summed E-state index contributed by atoms with van der Waals surface area (Å²) in [6.07, 6.45) is 2.57. The first kappa shape index (κ1) is 22.0. The van der Waals surface area contributed by atoms with Crippen LogP contribution in [-0.4, -0.2) is 63.6 Å². The van der Waals surface area contributed by atoms with Crippen molar-refractivity contribution in [3.05, 3.63) is 63.9 Å². The number of hydrogen-bond acceptors (Lipinski definition) is 7. The maximum atomic E-state index is 12.9. The van der Waals surface area contributed by atoms with E-state index >= 15 is 0 Å².